The van der Waals surface area contributed by atoms with E-state index in [2.05, 4.69) is 15.6 Å². The molecule has 0 aliphatic heterocycles. The highest BCUT2D eigenvalue weighted by molar-refractivity contribution is 5.95. The summed E-state index contributed by atoms with van der Waals surface area (Å²) < 4.78 is 0. The first kappa shape index (κ1) is 29.5. The number of nitrogens with one attached hydrogen (secondary N) is 3. The van der Waals surface area contributed by atoms with Crippen molar-refractivity contribution in [2.45, 2.75) is 56.5 Å². The molecule has 0 aromatic rings. The van der Waals surface area contributed by atoms with Gasteiger partial charge in [0.1, 0.15) is 18.1 Å². The van der Waals surface area contributed by atoms with E-state index >= 15 is 0 Å². The molecule has 16 nitrogen and oxygen atoms in total. The Morgan fingerprint density at radius 2 is 1.52 bits per heavy atom. The van der Waals surface area contributed by atoms with Crippen LogP contribution in [0.1, 0.15) is 26.2 Å². The van der Waals surface area contributed by atoms with Crippen LogP contribution in [-0.2, 0) is 24.0 Å². The number of nitrogens with two attached hydrogens (primary N) is 3. The van der Waals surface area contributed by atoms with Crippen molar-refractivity contribution in [3.63, 3.8) is 0 Å². The summed E-state index contributed by atoms with van der Waals surface area (Å²) in [4.78, 5) is 62.7. The maximum absolute atomic E-state index is 12.7. The maximum Gasteiger partial charge on any atom is 0.328 e. The van der Waals surface area contributed by atoms with Gasteiger partial charge in [0.25, 0.3) is 0 Å². The molecule has 0 radical (unpaired) electrons. The van der Waals surface area contributed by atoms with Crippen molar-refractivity contribution in [2.75, 3.05) is 13.2 Å². The summed E-state index contributed by atoms with van der Waals surface area (Å²) in [7, 11) is 0. The number of hydrogen-bond acceptors (Lipinski definition) is 9. The van der Waals surface area contributed by atoms with Crippen molar-refractivity contribution in [3.8, 4) is 0 Å². The van der Waals surface area contributed by atoms with Crippen LogP contribution in [0.4, 0.5) is 0 Å². The molecule has 0 saturated carbocycles. The number of carboxylic acid groups (broad SMARTS) is 2. The van der Waals surface area contributed by atoms with Gasteiger partial charge in [-0.15, -0.1) is 0 Å². The molecule has 0 rings (SSSR count). The Bertz CT molecular complexity index is 740. The summed E-state index contributed by atoms with van der Waals surface area (Å²) >= 11 is 0. The van der Waals surface area contributed by atoms with E-state index in [1.54, 1.807) is 0 Å². The van der Waals surface area contributed by atoms with Crippen molar-refractivity contribution in [1.29, 1.82) is 0 Å². The van der Waals surface area contributed by atoms with E-state index in [1.807, 2.05) is 5.32 Å². The van der Waals surface area contributed by atoms with Crippen LogP contribution >= 0.6 is 0 Å². The Morgan fingerprint density at radius 3 is 1.97 bits per heavy atom. The molecule has 5 unspecified atom stereocenters. The van der Waals surface area contributed by atoms with E-state index in [0.29, 0.717) is 0 Å². The minimum Gasteiger partial charge on any atom is -0.481 e. The Hall–Kier alpha value is -3.50. The first-order valence-corrected chi connectivity index (χ1v) is 9.75. The number of rotatable bonds is 15. The number of hydrogen-bond donors (Lipinski definition) is 10. The average Bonchev–Trinajstić information content (AvgIpc) is 2.70. The summed E-state index contributed by atoms with van der Waals surface area (Å²) in [5.74, 6) is -6.09. The quantitative estimate of drug-likeness (QED) is 0.0601. The molecule has 13 N–H and O–H groups in total. The van der Waals surface area contributed by atoms with Crippen LogP contribution in [0.3, 0.4) is 0 Å². The molecular formula is C17H31N7O9. The van der Waals surface area contributed by atoms with Gasteiger partial charge in [-0.3, -0.25) is 24.2 Å². The van der Waals surface area contributed by atoms with Crippen molar-refractivity contribution in [1.82, 2.24) is 16.0 Å². The lowest BCUT2D eigenvalue weighted by molar-refractivity contribution is -0.144. The number of nitrogens with zero attached hydrogens (tertiary/aromatic N) is 1. The summed E-state index contributed by atoms with van der Waals surface area (Å²) in [6, 6.07) is -6.11. The van der Waals surface area contributed by atoms with Gasteiger partial charge in [-0.25, -0.2) is 4.79 Å². The number of aliphatic hydroxyl groups excluding tert-OH is 2. The minimum absolute atomic E-state index is 0.0588. The van der Waals surface area contributed by atoms with Gasteiger partial charge in [-0.2, -0.15) is 0 Å². The fourth-order valence-corrected chi connectivity index (χ4v) is 2.44. The Labute approximate surface area is 188 Å². The summed E-state index contributed by atoms with van der Waals surface area (Å²) in [6.45, 7) is 0.293. The van der Waals surface area contributed by atoms with E-state index in [9.17, 15) is 29.1 Å². The van der Waals surface area contributed by atoms with Crippen molar-refractivity contribution in [2.24, 2.45) is 22.2 Å². The molecule has 188 valence electrons. The second-order valence-corrected chi connectivity index (χ2v) is 7.02. The van der Waals surface area contributed by atoms with E-state index in [4.69, 9.17) is 32.5 Å². The lowest BCUT2D eigenvalue weighted by Gasteiger charge is -2.26. The Balaban J connectivity index is 5.46. The van der Waals surface area contributed by atoms with E-state index < -0.39 is 73.0 Å². The molecule has 0 spiro atoms. The monoisotopic (exact) mass is 477 g/mol. The first-order valence-electron chi connectivity index (χ1n) is 9.75. The largest absolute Gasteiger partial charge is 0.481 e. The summed E-state index contributed by atoms with van der Waals surface area (Å²) in [6.07, 6.45) is -2.07. The fraction of sp³-hybridized carbons (Fsp3) is 0.647. The van der Waals surface area contributed by atoms with E-state index in [-0.39, 0.29) is 25.3 Å². The zero-order valence-corrected chi connectivity index (χ0v) is 17.9. The van der Waals surface area contributed by atoms with Gasteiger partial charge < -0.3 is 53.6 Å². The van der Waals surface area contributed by atoms with Crippen LogP contribution in [-0.4, -0.2) is 99.5 Å². The molecule has 3 amide bonds. The van der Waals surface area contributed by atoms with Gasteiger partial charge in [0.05, 0.1) is 25.2 Å². The standard InChI is InChI=1S/C17H31N7O9/c1-7(26)12(15(31)23-10(6-25)16(32)33)24-14(30)9(3-2-4-21-17(19)20)22-13(29)8(18)5-11(27)28/h7-10,12,25-26H,2-6,18H2,1H3,(H,22,29)(H,23,31)(H,24,30)(H,27,28)(H,32,33)(H4,19,20,21). The number of aliphatic imine (C=N–C) groups is 1. The van der Waals surface area contributed by atoms with Gasteiger partial charge in [-0.05, 0) is 19.8 Å². The molecule has 0 aliphatic rings. The third kappa shape index (κ3) is 11.6. The molecule has 0 aliphatic carbocycles. The predicted octanol–water partition coefficient (Wildman–Crippen LogP) is -5.25. The lowest BCUT2D eigenvalue weighted by atomic mass is 10.1. The average molecular weight is 477 g/mol. The van der Waals surface area contributed by atoms with Crippen molar-refractivity contribution < 1.29 is 44.4 Å². The van der Waals surface area contributed by atoms with Gasteiger partial charge in [0.2, 0.25) is 17.7 Å². The lowest BCUT2D eigenvalue weighted by Crippen LogP contribution is -2.60. The van der Waals surface area contributed by atoms with Crippen LogP contribution in [0.25, 0.3) is 0 Å². The van der Waals surface area contributed by atoms with E-state index in [1.165, 1.54) is 0 Å². The number of carbonyl (C=O) groups is 5. The highest BCUT2D eigenvalue weighted by Crippen LogP contribution is 2.03. The molecule has 0 saturated heterocycles. The molecule has 5 atom stereocenters. The molecular weight excluding hydrogens is 446 g/mol. The minimum atomic E-state index is -1.68. The molecule has 33 heavy (non-hydrogen) atoms. The molecule has 0 bridgehead atoms. The molecule has 0 heterocycles. The number of aliphatic carboxylic acids is 2. The molecule has 16 heteroatoms. The zero-order valence-electron chi connectivity index (χ0n) is 17.9. The topological polar surface area (TPSA) is 293 Å². The van der Waals surface area contributed by atoms with E-state index in [0.717, 1.165) is 6.92 Å². The highest BCUT2D eigenvalue weighted by atomic mass is 16.4. The van der Waals surface area contributed by atoms with Gasteiger partial charge in [0, 0.05) is 6.54 Å². The normalized spacial score (nSPS) is 15.2. The van der Waals surface area contributed by atoms with Crippen molar-refractivity contribution >= 4 is 35.6 Å². The third-order valence-electron chi connectivity index (χ3n) is 4.17. The number of aliphatic hydroxyl groups is 2. The SMILES string of the molecule is CC(O)C(NC(=O)C(CCCN=C(N)N)NC(=O)C(N)CC(=O)O)C(=O)NC(CO)C(=O)O. The Morgan fingerprint density at radius 1 is 0.939 bits per heavy atom. The van der Waals surface area contributed by atoms with Gasteiger partial charge in [0.15, 0.2) is 5.96 Å². The number of guanidine groups is 1. The van der Waals surface area contributed by atoms with Crippen LogP contribution in [0.5, 0.6) is 0 Å². The molecule has 0 fully saturated rings. The van der Waals surface area contributed by atoms with Crippen LogP contribution in [0.2, 0.25) is 0 Å². The first-order chi connectivity index (χ1) is 15.3. The fourth-order valence-electron chi connectivity index (χ4n) is 2.44. The highest BCUT2D eigenvalue weighted by Gasteiger charge is 2.32. The molecule has 0 aromatic carbocycles. The van der Waals surface area contributed by atoms with Crippen molar-refractivity contribution in [3.05, 3.63) is 0 Å². The van der Waals surface area contributed by atoms with Gasteiger partial charge >= 0.3 is 11.9 Å². The zero-order chi connectivity index (χ0) is 25.7. The Kier molecular flexibility index (Phi) is 13.0. The maximum atomic E-state index is 12.7. The molecule has 0 aromatic heterocycles. The van der Waals surface area contributed by atoms with Crippen LogP contribution in [0.15, 0.2) is 4.99 Å². The smallest absolute Gasteiger partial charge is 0.328 e. The number of carboxylic acids is 2. The summed E-state index contributed by atoms with van der Waals surface area (Å²) in [5, 5.41) is 43.0. The predicted molar refractivity (Wildman–Crippen MR) is 112 cm³/mol. The number of amides is 3. The number of carbonyl (C=O) groups excluding carboxylic acids is 3. The third-order valence-corrected chi connectivity index (χ3v) is 4.17. The second kappa shape index (κ2) is 14.5. The summed E-state index contributed by atoms with van der Waals surface area (Å²) in [5.41, 5.74) is 15.9. The second-order valence-electron chi connectivity index (χ2n) is 7.02. The van der Waals surface area contributed by atoms with Crippen LogP contribution in [0, 0.1) is 0 Å². The van der Waals surface area contributed by atoms with Crippen LogP contribution < -0.4 is 33.2 Å². The van der Waals surface area contributed by atoms with Gasteiger partial charge in [-0.1, -0.05) is 0 Å².